The molecule has 4 nitrogen and oxygen atoms in total. The van der Waals surface area contributed by atoms with Crippen molar-refractivity contribution in [3.05, 3.63) is 53.4 Å². The molecule has 0 atom stereocenters. The van der Waals surface area contributed by atoms with Gasteiger partial charge in [-0.3, -0.25) is 0 Å². The molecule has 92 valence electrons. The van der Waals surface area contributed by atoms with E-state index in [1.165, 1.54) is 11.2 Å². The van der Waals surface area contributed by atoms with Gasteiger partial charge in [-0.2, -0.15) is 5.10 Å². The number of benzene rings is 1. The summed E-state index contributed by atoms with van der Waals surface area (Å²) in [5.41, 5.74) is 6.32. The summed E-state index contributed by atoms with van der Waals surface area (Å²) >= 11 is 10.9. The summed E-state index contributed by atoms with van der Waals surface area (Å²) in [6, 6.07) is 10.6. The third-order valence-corrected chi connectivity index (χ3v) is 2.51. The molecule has 0 fully saturated rings. The molecule has 0 saturated heterocycles. The van der Waals surface area contributed by atoms with Crippen molar-refractivity contribution in [3.8, 4) is 0 Å². The Balaban J connectivity index is 2.27. The minimum Gasteiger partial charge on any atom is -0.463 e. The Morgan fingerprint density at radius 3 is 2.83 bits per heavy atom. The Hall–Kier alpha value is -1.85. The van der Waals surface area contributed by atoms with E-state index in [0.717, 1.165) is 0 Å². The Bertz CT molecular complexity index is 568. The number of hydrogen-bond acceptors (Lipinski definition) is 3. The lowest BCUT2D eigenvalue weighted by Crippen LogP contribution is -2.30. The molecule has 0 amide bonds. The maximum Gasteiger partial charge on any atom is 0.191 e. The second-order valence-electron chi connectivity index (χ2n) is 3.39. The van der Waals surface area contributed by atoms with Gasteiger partial charge in [0, 0.05) is 5.02 Å². The van der Waals surface area contributed by atoms with Gasteiger partial charge in [0.25, 0.3) is 0 Å². The van der Waals surface area contributed by atoms with Crippen LogP contribution in [0.25, 0.3) is 0 Å². The van der Waals surface area contributed by atoms with Gasteiger partial charge in [0.1, 0.15) is 5.76 Å². The van der Waals surface area contributed by atoms with Gasteiger partial charge in [0.05, 0.1) is 18.2 Å². The van der Waals surface area contributed by atoms with Crippen LogP contribution in [-0.2, 0) is 0 Å². The maximum atomic E-state index is 5.91. The van der Waals surface area contributed by atoms with Gasteiger partial charge >= 0.3 is 0 Å². The molecule has 2 aromatic rings. The summed E-state index contributed by atoms with van der Waals surface area (Å²) in [6.45, 7) is 0. The van der Waals surface area contributed by atoms with Crippen molar-refractivity contribution in [2.75, 3.05) is 5.01 Å². The molecule has 6 heteroatoms. The van der Waals surface area contributed by atoms with E-state index in [-0.39, 0.29) is 5.11 Å². The highest BCUT2D eigenvalue weighted by molar-refractivity contribution is 7.80. The Morgan fingerprint density at radius 2 is 2.22 bits per heavy atom. The van der Waals surface area contributed by atoms with E-state index in [1.807, 2.05) is 6.07 Å². The van der Waals surface area contributed by atoms with Crippen LogP contribution in [0, 0.1) is 0 Å². The van der Waals surface area contributed by atoms with Crippen LogP contribution in [0.4, 0.5) is 5.69 Å². The van der Waals surface area contributed by atoms with E-state index in [2.05, 4.69) is 5.10 Å². The molecule has 0 aliphatic rings. The Kier molecular flexibility index (Phi) is 3.96. The van der Waals surface area contributed by atoms with Gasteiger partial charge in [-0.1, -0.05) is 17.7 Å². The Morgan fingerprint density at radius 1 is 1.39 bits per heavy atom. The molecule has 0 saturated carbocycles. The van der Waals surface area contributed by atoms with E-state index in [9.17, 15) is 0 Å². The molecular formula is C12H10ClN3OS. The molecule has 0 aliphatic heterocycles. The maximum absolute atomic E-state index is 5.91. The van der Waals surface area contributed by atoms with Crippen molar-refractivity contribution in [2.45, 2.75) is 0 Å². The average Bonchev–Trinajstić information content (AvgIpc) is 2.82. The number of furan rings is 1. The van der Waals surface area contributed by atoms with Crippen LogP contribution in [0.3, 0.4) is 0 Å². The first-order chi connectivity index (χ1) is 8.66. The SMILES string of the molecule is NC(=S)N(/N=C/c1ccco1)c1cccc(Cl)c1. The van der Waals surface area contributed by atoms with Gasteiger partial charge in [-0.15, -0.1) is 0 Å². The number of hydrogen-bond donors (Lipinski definition) is 1. The topological polar surface area (TPSA) is 54.8 Å². The molecule has 18 heavy (non-hydrogen) atoms. The number of nitrogens with two attached hydrogens (primary N) is 1. The molecule has 1 aromatic carbocycles. The van der Waals surface area contributed by atoms with Crippen molar-refractivity contribution in [1.82, 2.24) is 0 Å². The van der Waals surface area contributed by atoms with Gasteiger partial charge in [0.2, 0.25) is 0 Å². The summed E-state index contributed by atoms with van der Waals surface area (Å²) in [5.74, 6) is 0.610. The molecule has 0 spiro atoms. The summed E-state index contributed by atoms with van der Waals surface area (Å²) in [4.78, 5) is 0. The van der Waals surface area contributed by atoms with Gasteiger partial charge in [-0.25, -0.2) is 5.01 Å². The normalized spacial score (nSPS) is 10.7. The summed E-state index contributed by atoms with van der Waals surface area (Å²) < 4.78 is 5.14. The molecule has 0 bridgehead atoms. The average molecular weight is 280 g/mol. The van der Waals surface area contributed by atoms with E-state index in [1.54, 1.807) is 36.6 Å². The van der Waals surface area contributed by atoms with Gasteiger partial charge < -0.3 is 10.2 Å². The standard InChI is InChI=1S/C12H10ClN3OS/c13-9-3-1-4-10(7-9)16(12(14)18)15-8-11-5-2-6-17-11/h1-8H,(H2,14,18)/b15-8+. The van der Waals surface area contributed by atoms with E-state index in [4.69, 9.17) is 34.0 Å². The van der Waals surface area contributed by atoms with Crippen LogP contribution in [0.5, 0.6) is 0 Å². The molecule has 2 rings (SSSR count). The molecule has 0 unspecified atom stereocenters. The summed E-state index contributed by atoms with van der Waals surface area (Å²) in [5, 5.41) is 6.28. The molecule has 0 aliphatic carbocycles. The monoisotopic (exact) mass is 279 g/mol. The van der Waals surface area contributed by atoms with Crippen LogP contribution in [0.2, 0.25) is 5.02 Å². The molecule has 1 aromatic heterocycles. The smallest absolute Gasteiger partial charge is 0.191 e. The first-order valence-corrected chi connectivity index (χ1v) is 5.88. The minimum atomic E-state index is 0.125. The fourth-order valence-electron chi connectivity index (χ4n) is 1.34. The number of thiocarbonyl (C=S) groups is 1. The highest BCUT2D eigenvalue weighted by Crippen LogP contribution is 2.19. The van der Waals surface area contributed by atoms with E-state index < -0.39 is 0 Å². The summed E-state index contributed by atoms with van der Waals surface area (Å²) in [7, 11) is 0. The third kappa shape index (κ3) is 3.09. The second-order valence-corrected chi connectivity index (χ2v) is 4.24. The molecule has 1 heterocycles. The van der Waals surface area contributed by atoms with Gasteiger partial charge in [0.15, 0.2) is 5.11 Å². The predicted molar refractivity (Wildman–Crippen MR) is 77.0 cm³/mol. The molecule has 2 N–H and O–H groups in total. The lowest BCUT2D eigenvalue weighted by Gasteiger charge is -2.16. The zero-order valence-corrected chi connectivity index (χ0v) is 10.9. The fraction of sp³-hybridized carbons (Fsp3) is 0. The summed E-state index contributed by atoms with van der Waals surface area (Å²) in [6.07, 6.45) is 3.09. The van der Waals surface area contributed by atoms with Crippen LogP contribution in [0.15, 0.2) is 52.2 Å². The van der Waals surface area contributed by atoms with Gasteiger partial charge in [-0.05, 0) is 42.5 Å². The van der Waals surface area contributed by atoms with E-state index >= 15 is 0 Å². The lowest BCUT2D eigenvalue weighted by molar-refractivity contribution is 0.560. The number of nitrogens with zero attached hydrogens (tertiary/aromatic N) is 2. The first-order valence-electron chi connectivity index (χ1n) is 5.09. The van der Waals surface area contributed by atoms with Crippen LogP contribution < -0.4 is 10.7 Å². The highest BCUT2D eigenvalue weighted by atomic mass is 35.5. The number of rotatable bonds is 3. The number of anilines is 1. The predicted octanol–water partition coefficient (Wildman–Crippen LogP) is 3.02. The fourth-order valence-corrected chi connectivity index (χ4v) is 1.68. The van der Waals surface area contributed by atoms with Crippen LogP contribution in [0.1, 0.15) is 5.76 Å². The van der Waals surface area contributed by atoms with Crippen molar-refractivity contribution < 1.29 is 4.42 Å². The van der Waals surface area contributed by atoms with Crippen molar-refractivity contribution in [1.29, 1.82) is 0 Å². The first kappa shape index (κ1) is 12.6. The lowest BCUT2D eigenvalue weighted by atomic mass is 10.3. The van der Waals surface area contributed by atoms with E-state index in [0.29, 0.717) is 16.5 Å². The third-order valence-electron chi connectivity index (χ3n) is 2.11. The minimum absolute atomic E-state index is 0.125. The largest absolute Gasteiger partial charge is 0.463 e. The van der Waals surface area contributed by atoms with Crippen molar-refractivity contribution in [3.63, 3.8) is 0 Å². The second kappa shape index (κ2) is 5.66. The number of hydrazone groups is 1. The highest BCUT2D eigenvalue weighted by Gasteiger charge is 2.07. The number of halogens is 1. The Labute approximate surface area is 115 Å². The zero-order chi connectivity index (χ0) is 13.0. The van der Waals surface area contributed by atoms with Crippen LogP contribution >= 0.6 is 23.8 Å². The quantitative estimate of drug-likeness (QED) is 0.533. The van der Waals surface area contributed by atoms with Crippen molar-refractivity contribution >= 4 is 40.8 Å². The molecule has 0 radical (unpaired) electrons. The zero-order valence-electron chi connectivity index (χ0n) is 9.29. The molecular weight excluding hydrogens is 270 g/mol. The van der Waals surface area contributed by atoms with Crippen molar-refractivity contribution in [2.24, 2.45) is 10.8 Å². The van der Waals surface area contributed by atoms with Crippen LogP contribution in [-0.4, -0.2) is 11.3 Å².